The summed E-state index contributed by atoms with van der Waals surface area (Å²) in [6, 6.07) is 10.4. The number of hydrogen-bond acceptors (Lipinski definition) is 7. The molecule has 25 heavy (non-hydrogen) atoms. The van der Waals surface area contributed by atoms with Gasteiger partial charge in [0.05, 0.1) is 5.69 Å². The standard InChI is InChI=1S/C17H18ClN5S2/c18-16-15(20-21-25-16)11-23-8-6-22(7-9-23)10-14-12-24-17(19-14)13-4-2-1-3-5-13/h1-5,12H,6-11H2. The molecular weight excluding hydrogens is 374 g/mol. The van der Waals surface area contributed by atoms with Gasteiger partial charge in [0.25, 0.3) is 0 Å². The van der Waals surface area contributed by atoms with Crippen molar-refractivity contribution < 1.29 is 0 Å². The van der Waals surface area contributed by atoms with E-state index in [0.29, 0.717) is 4.34 Å². The van der Waals surface area contributed by atoms with Crippen LogP contribution in [0.1, 0.15) is 11.4 Å². The molecule has 8 heteroatoms. The molecule has 1 aliphatic heterocycles. The number of hydrogen-bond donors (Lipinski definition) is 0. The number of halogens is 1. The molecular formula is C17H18ClN5S2. The van der Waals surface area contributed by atoms with Crippen LogP contribution >= 0.6 is 34.5 Å². The summed E-state index contributed by atoms with van der Waals surface area (Å²) in [5.41, 5.74) is 3.24. The highest BCUT2D eigenvalue weighted by Crippen LogP contribution is 2.24. The van der Waals surface area contributed by atoms with Gasteiger partial charge >= 0.3 is 0 Å². The highest BCUT2D eigenvalue weighted by atomic mass is 35.5. The van der Waals surface area contributed by atoms with Crippen molar-refractivity contribution in [3.05, 3.63) is 51.4 Å². The fourth-order valence-electron chi connectivity index (χ4n) is 2.93. The summed E-state index contributed by atoms with van der Waals surface area (Å²) < 4.78 is 4.61. The molecule has 3 aromatic rings. The third-order valence-electron chi connectivity index (χ3n) is 4.31. The Bertz CT molecular complexity index is 811. The molecule has 0 atom stereocenters. The van der Waals surface area contributed by atoms with Crippen molar-refractivity contribution in [1.29, 1.82) is 0 Å². The summed E-state index contributed by atoms with van der Waals surface area (Å²) in [7, 11) is 0. The minimum atomic E-state index is 0.707. The van der Waals surface area contributed by atoms with E-state index < -0.39 is 0 Å². The van der Waals surface area contributed by atoms with Crippen LogP contribution in [0.3, 0.4) is 0 Å². The van der Waals surface area contributed by atoms with Crippen LogP contribution in [0.15, 0.2) is 35.7 Å². The van der Waals surface area contributed by atoms with Crippen LogP contribution in [-0.4, -0.2) is 50.5 Å². The second-order valence-corrected chi connectivity index (χ2v) is 8.27. The molecule has 1 saturated heterocycles. The van der Waals surface area contributed by atoms with Gasteiger partial charge in [-0.3, -0.25) is 9.80 Å². The van der Waals surface area contributed by atoms with Gasteiger partial charge in [-0.2, -0.15) is 0 Å². The third kappa shape index (κ3) is 4.24. The molecule has 0 saturated carbocycles. The summed E-state index contributed by atoms with van der Waals surface area (Å²) >= 11 is 9.07. The zero-order valence-electron chi connectivity index (χ0n) is 13.6. The molecule has 130 valence electrons. The predicted molar refractivity (Wildman–Crippen MR) is 103 cm³/mol. The third-order valence-corrected chi connectivity index (χ3v) is 6.23. The van der Waals surface area contributed by atoms with Gasteiger partial charge in [0.15, 0.2) is 0 Å². The fraction of sp³-hybridized carbons (Fsp3) is 0.353. The number of aromatic nitrogens is 3. The number of nitrogens with zero attached hydrogens (tertiary/aromatic N) is 5. The van der Waals surface area contributed by atoms with E-state index in [2.05, 4.69) is 49.0 Å². The van der Waals surface area contributed by atoms with Crippen LogP contribution in [-0.2, 0) is 13.1 Å². The fourth-order valence-corrected chi connectivity index (χ4v) is 4.36. The number of thiazole rings is 1. The lowest BCUT2D eigenvalue weighted by Crippen LogP contribution is -2.45. The molecule has 0 radical (unpaired) electrons. The largest absolute Gasteiger partial charge is 0.295 e. The van der Waals surface area contributed by atoms with E-state index in [-0.39, 0.29) is 0 Å². The van der Waals surface area contributed by atoms with Crippen molar-refractivity contribution in [2.45, 2.75) is 13.1 Å². The normalized spacial score (nSPS) is 16.4. The van der Waals surface area contributed by atoms with Crippen LogP contribution in [0, 0.1) is 0 Å². The van der Waals surface area contributed by atoms with E-state index in [9.17, 15) is 0 Å². The van der Waals surface area contributed by atoms with E-state index in [1.165, 1.54) is 17.1 Å². The van der Waals surface area contributed by atoms with Crippen LogP contribution in [0.5, 0.6) is 0 Å². The molecule has 4 rings (SSSR count). The van der Waals surface area contributed by atoms with Crippen LogP contribution in [0.25, 0.3) is 10.6 Å². The number of rotatable bonds is 5. The Hall–Kier alpha value is -1.38. The molecule has 0 amide bonds. The van der Waals surface area contributed by atoms with Crippen molar-refractivity contribution in [1.82, 2.24) is 24.4 Å². The van der Waals surface area contributed by atoms with Crippen molar-refractivity contribution in [3.8, 4) is 10.6 Å². The Morgan fingerprint density at radius 1 is 1.00 bits per heavy atom. The molecule has 0 spiro atoms. The van der Waals surface area contributed by atoms with Gasteiger partial charge in [-0.25, -0.2) is 4.98 Å². The Morgan fingerprint density at radius 2 is 1.72 bits per heavy atom. The second-order valence-electron chi connectivity index (χ2n) is 6.06. The van der Waals surface area contributed by atoms with Gasteiger partial charge in [-0.15, -0.1) is 16.4 Å². The first-order chi connectivity index (χ1) is 12.3. The van der Waals surface area contributed by atoms with Crippen molar-refractivity contribution >= 4 is 34.5 Å². The van der Waals surface area contributed by atoms with E-state index >= 15 is 0 Å². The highest BCUT2D eigenvalue weighted by molar-refractivity contribution is 7.13. The lowest BCUT2D eigenvalue weighted by Gasteiger charge is -2.33. The first-order valence-corrected chi connectivity index (χ1v) is 10.2. The minimum absolute atomic E-state index is 0.707. The van der Waals surface area contributed by atoms with E-state index in [4.69, 9.17) is 16.6 Å². The quantitative estimate of drug-likeness (QED) is 0.664. The molecule has 3 heterocycles. The Balaban J connectivity index is 1.30. The van der Waals surface area contributed by atoms with Gasteiger partial charge in [0.1, 0.15) is 15.0 Å². The summed E-state index contributed by atoms with van der Waals surface area (Å²) in [6.45, 7) is 5.81. The maximum Gasteiger partial charge on any atom is 0.138 e. The summed E-state index contributed by atoms with van der Waals surface area (Å²) in [4.78, 5) is 9.64. The lowest BCUT2D eigenvalue weighted by atomic mass is 10.2. The molecule has 1 aromatic carbocycles. The first-order valence-electron chi connectivity index (χ1n) is 8.19. The molecule has 1 fully saturated rings. The average Bonchev–Trinajstić information content (AvgIpc) is 3.27. The van der Waals surface area contributed by atoms with Crippen LogP contribution in [0.4, 0.5) is 0 Å². The molecule has 0 bridgehead atoms. The van der Waals surface area contributed by atoms with Gasteiger partial charge in [0.2, 0.25) is 0 Å². The van der Waals surface area contributed by atoms with E-state index in [1.807, 2.05) is 6.07 Å². The number of benzene rings is 1. The SMILES string of the molecule is Clc1snnc1CN1CCN(Cc2csc(-c3ccccc3)n2)CC1. The Labute approximate surface area is 160 Å². The zero-order valence-corrected chi connectivity index (χ0v) is 16.0. The topological polar surface area (TPSA) is 45.2 Å². The van der Waals surface area contributed by atoms with Crippen molar-refractivity contribution in [2.24, 2.45) is 0 Å². The van der Waals surface area contributed by atoms with E-state index in [1.54, 1.807) is 11.3 Å². The molecule has 1 aliphatic rings. The van der Waals surface area contributed by atoms with Crippen LogP contribution < -0.4 is 0 Å². The Kier molecular flexibility index (Phi) is 5.38. The van der Waals surface area contributed by atoms with Gasteiger partial charge in [0, 0.05) is 61.7 Å². The monoisotopic (exact) mass is 391 g/mol. The smallest absolute Gasteiger partial charge is 0.138 e. The zero-order chi connectivity index (χ0) is 17.1. The summed E-state index contributed by atoms with van der Waals surface area (Å²) in [6.07, 6.45) is 0. The molecule has 0 N–H and O–H groups in total. The van der Waals surface area contributed by atoms with Gasteiger partial charge in [-0.1, -0.05) is 46.4 Å². The predicted octanol–water partition coefficient (Wildman–Crippen LogP) is 3.63. The number of piperazine rings is 1. The van der Waals surface area contributed by atoms with Crippen molar-refractivity contribution in [3.63, 3.8) is 0 Å². The minimum Gasteiger partial charge on any atom is -0.295 e. The maximum absolute atomic E-state index is 6.10. The van der Waals surface area contributed by atoms with Crippen molar-refractivity contribution in [2.75, 3.05) is 26.2 Å². The van der Waals surface area contributed by atoms with E-state index in [0.717, 1.165) is 55.7 Å². The maximum atomic E-state index is 6.10. The summed E-state index contributed by atoms with van der Waals surface area (Å²) in [5, 5.41) is 7.37. The summed E-state index contributed by atoms with van der Waals surface area (Å²) in [5.74, 6) is 0. The lowest BCUT2D eigenvalue weighted by molar-refractivity contribution is 0.120. The second kappa shape index (κ2) is 7.88. The highest BCUT2D eigenvalue weighted by Gasteiger charge is 2.20. The van der Waals surface area contributed by atoms with Crippen LogP contribution in [0.2, 0.25) is 4.34 Å². The Morgan fingerprint density at radius 3 is 2.40 bits per heavy atom. The average molecular weight is 392 g/mol. The van der Waals surface area contributed by atoms with Gasteiger partial charge < -0.3 is 0 Å². The molecule has 5 nitrogen and oxygen atoms in total. The molecule has 0 unspecified atom stereocenters. The molecule has 2 aromatic heterocycles. The first kappa shape index (κ1) is 17.1. The van der Waals surface area contributed by atoms with Gasteiger partial charge in [-0.05, 0) is 0 Å². The molecule has 0 aliphatic carbocycles.